The van der Waals surface area contributed by atoms with Gasteiger partial charge in [0.15, 0.2) is 0 Å². The van der Waals surface area contributed by atoms with Gasteiger partial charge >= 0.3 is 0 Å². The molecule has 0 atom stereocenters. The smallest absolute Gasteiger partial charge is 0.282 e. The number of hydrogen-bond acceptors (Lipinski definition) is 8. The molecule has 0 bridgehead atoms. The van der Waals surface area contributed by atoms with Crippen LogP contribution < -0.4 is 20.9 Å². The predicted octanol–water partition coefficient (Wildman–Crippen LogP) is 3.39. The quantitative estimate of drug-likeness (QED) is 0.388. The summed E-state index contributed by atoms with van der Waals surface area (Å²) in [5, 5.41) is 11.0. The second-order valence-electron chi connectivity index (χ2n) is 9.19. The van der Waals surface area contributed by atoms with Gasteiger partial charge in [0.2, 0.25) is 5.95 Å². The molecule has 2 N–H and O–H groups in total. The zero-order valence-electron chi connectivity index (χ0n) is 21.3. The van der Waals surface area contributed by atoms with E-state index in [2.05, 4.69) is 44.2 Å². The maximum Gasteiger partial charge on any atom is 0.282 e. The number of anilines is 2. The minimum atomic E-state index is -0.332. The molecule has 1 amide bonds. The van der Waals surface area contributed by atoms with Crippen LogP contribution in [0, 0.1) is 0 Å². The van der Waals surface area contributed by atoms with Crippen LogP contribution in [-0.2, 0) is 0 Å². The average molecular weight is 512 g/mol. The fourth-order valence-corrected chi connectivity index (χ4v) is 4.47. The summed E-state index contributed by atoms with van der Waals surface area (Å²) in [4.78, 5) is 37.1. The van der Waals surface area contributed by atoms with Crippen molar-refractivity contribution in [2.45, 2.75) is 18.9 Å². The third kappa shape index (κ3) is 5.12. The molecule has 2 aromatic heterocycles. The lowest BCUT2D eigenvalue weighted by atomic mass is 10.0. The molecule has 3 heterocycles. The molecule has 38 heavy (non-hydrogen) atoms. The number of fused-ring (bicyclic) bond motifs is 1. The van der Waals surface area contributed by atoms with E-state index in [4.69, 9.17) is 4.74 Å². The van der Waals surface area contributed by atoms with Gasteiger partial charge in [0, 0.05) is 17.8 Å². The highest BCUT2D eigenvalue weighted by Crippen LogP contribution is 2.28. The Morgan fingerprint density at radius 3 is 2.63 bits per heavy atom. The number of likely N-dealkylation sites (tertiary alicyclic amines) is 1. The largest absolute Gasteiger partial charge is 0.495 e. The average Bonchev–Trinajstić information content (AvgIpc) is 2.95. The van der Waals surface area contributed by atoms with Crippen molar-refractivity contribution in [3.63, 3.8) is 0 Å². The highest BCUT2D eigenvalue weighted by molar-refractivity contribution is 5.95. The number of amides is 1. The van der Waals surface area contributed by atoms with Crippen molar-refractivity contribution in [3.05, 3.63) is 82.9 Å². The summed E-state index contributed by atoms with van der Waals surface area (Å²) >= 11 is 0. The first-order valence-electron chi connectivity index (χ1n) is 12.4. The number of rotatable bonds is 7. The molecule has 0 radical (unpaired) electrons. The van der Waals surface area contributed by atoms with Crippen LogP contribution in [-0.4, -0.2) is 63.8 Å². The summed E-state index contributed by atoms with van der Waals surface area (Å²) < 4.78 is 6.86. The number of piperidine rings is 1. The summed E-state index contributed by atoms with van der Waals surface area (Å²) in [6, 6.07) is 14.5. The molecular formula is C28H29N7O3. The summed E-state index contributed by atoms with van der Waals surface area (Å²) in [7, 11) is 3.62. The Labute approximate surface area is 220 Å². The molecule has 4 aromatic rings. The lowest BCUT2D eigenvalue weighted by Gasteiger charge is -2.29. The normalized spacial score (nSPS) is 14.3. The Bertz CT molecular complexity index is 1540. The topological polar surface area (TPSA) is 114 Å². The van der Waals surface area contributed by atoms with Crippen LogP contribution in [0.3, 0.4) is 0 Å². The number of benzene rings is 2. The number of carbonyl (C=O) groups excluding carboxylic acids is 1. The Morgan fingerprint density at radius 1 is 1.16 bits per heavy atom. The fraction of sp³-hybridized carbons (Fsp3) is 0.250. The number of ether oxygens (including phenoxy) is 1. The highest BCUT2D eigenvalue weighted by atomic mass is 16.5. The van der Waals surface area contributed by atoms with Gasteiger partial charge in [0.25, 0.3) is 11.5 Å². The highest BCUT2D eigenvalue weighted by Gasteiger charge is 2.20. The molecule has 1 aliphatic heterocycles. The van der Waals surface area contributed by atoms with Crippen LogP contribution in [0.25, 0.3) is 22.7 Å². The van der Waals surface area contributed by atoms with Crippen molar-refractivity contribution in [2.75, 3.05) is 32.6 Å². The number of nitrogens with one attached hydrogen (secondary N) is 2. The summed E-state index contributed by atoms with van der Waals surface area (Å²) in [6.07, 6.45) is 4.87. The summed E-state index contributed by atoms with van der Waals surface area (Å²) in [6.45, 7) is 5.77. The van der Waals surface area contributed by atoms with Crippen molar-refractivity contribution in [2.24, 2.45) is 0 Å². The molecule has 5 rings (SSSR count). The second-order valence-corrected chi connectivity index (χ2v) is 9.19. The molecule has 1 aliphatic rings. The van der Waals surface area contributed by atoms with E-state index in [1.807, 2.05) is 18.2 Å². The molecule has 0 aliphatic carbocycles. The SMILES string of the molecule is C=Cc1nn(-c2ccccc2)c(=O)c2cnc(Nc3ccc(C(=O)NC4CCN(C)CC4)cc3OC)nc12. The first-order valence-corrected chi connectivity index (χ1v) is 12.4. The number of nitrogens with zero attached hydrogens (tertiary/aromatic N) is 5. The van der Waals surface area contributed by atoms with E-state index in [1.54, 1.807) is 36.4 Å². The Morgan fingerprint density at radius 2 is 1.92 bits per heavy atom. The maximum atomic E-state index is 13.1. The predicted molar refractivity (Wildman–Crippen MR) is 147 cm³/mol. The van der Waals surface area contributed by atoms with E-state index < -0.39 is 0 Å². The summed E-state index contributed by atoms with van der Waals surface area (Å²) in [5.41, 5.74) is 2.21. The molecule has 194 valence electrons. The van der Waals surface area contributed by atoms with E-state index in [-0.39, 0.29) is 23.5 Å². The zero-order chi connectivity index (χ0) is 26.6. The minimum absolute atomic E-state index is 0.136. The Balaban J connectivity index is 1.41. The first kappa shape index (κ1) is 25.1. The van der Waals surface area contributed by atoms with Crippen molar-refractivity contribution in [1.82, 2.24) is 30.0 Å². The Kier molecular flexibility index (Phi) is 7.14. The van der Waals surface area contributed by atoms with Gasteiger partial charge in [-0.25, -0.2) is 9.97 Å². The maximum absolute atomic E-state index is 13.1. The van der Waals surface area contributed by atoms with Gasteiger partial charge in [0.05, 0.1) is 23.9 Å². The van der Waals surface area contributed by atoms with Crippen molar-refractivity contribution in [3.8, 4) is 11.4 Å². The van der Waals surface area contributed by atoms with Crippen LogP contribution >= 0.6 is 0 Å². The van der Waals surface area contributed by atoms with E-state index in [1.165, 1.54) is 18.0 Å². The molecular weight excluding hydrogens is 482 g/mol. The number of para-hydroxylation sites is 1. The van der Waals surface area contributed by atoms with Gasteiger partial charge in [-0.3, -0.25) is 9.59 Å². The molecule has 0 saturated carbocycles. The standard InChI is InChI=1S/C28H29N7O3/c1-4-22-25-21(27(37)35(33-22)20-8-6-5-7-9-20)17-29-28(32-25)31-23-11-10-18(16-24(23)38-3)26(36)30-19-12-14-34(2)15-13-19/h4-11,16-17,19H,1,12-15H2,2-3H3,(H,30,36)(H,29,31,32). The van der Waals surface area contributed by atoms with E-state index >= 15 is 0 Å². The third-order valence-corrected chi connectivity index (χ3v) is 6.62. The lowest BCUT2D eigenvalue weighted by molar-refractivity contribution is 0.0916. The third-order valence-electron chi connectivity index (χ3n) is 6.62. The number of aromatic nitrogens is 4. The van der Waals surface area contributed by atoms with Crippen molar-refractivity contribution >= 4 is 34.5 Å². The molecule has 10 heteroatoms. The van der Waals surface area contributed by atoms with Gasteiger partial charge in [-0.2, -0.15) is 9.78 Å². The van der Waals surface area contributed by atoms with Crippen molar-refractivity contribution in [1.29, 1.82) is 0 Å². The van der Waals surface area contributed by atoms with Gasteiger partial charge < -0.3 is 20.3 Å². The van der Waals surface area contributed by atoms with Gasteiger partial charge in [0.1, 0.15) is 17.0 Å². The lowest BCUT2D eigenvalue weighted by Crippen LogP contribution is -2.43. The molecule has 1 saturated heterocycles. The number of hydrogen-bond donors (Lipinski definition) is 2. The molecule has 0 unspecified atom stereocenters. The van der Waals surface area contributed by atoms with E-state index in [0.717, 1.165) is 25.9 Å². The summed E-state index contributed by atoms with van der Waals surface area (Å²) in [5.74, 6) is 0.579. The number of carbonyl (C=O) groups is 1. The van der Waals surface area contributed by atoms with Crippen LogP contribution in [0.15, 0.2) is 66.1 Å². The Hall–Kier alpha value is -4.57. The second kappa shape index (κ2) is 10.8. The van der Waals surface area contributed by atoms with Gasteiger partial charge in [-0.1, -0.05) is 24.8 Å². The van der Waals surface area contributed by atoms with Crippen LogP contribution in [0.4, 0.5) is 11.6 Å². The van der Waals surface area contributed by atoms with E-state index in [9.17, 15) is 9.59 Å². The molecule has 2 aromatic carbocycles. The fourth-order valence-electron chi connectivity index (χ4n) is 4.47. The minimum Gasteiger partial charge on any atom is -0.495 e. The monoisotopic (exact) mass is 511 g/mol. The molecule has 10 nitrogen and oxygen atoms in total. The molecule has 1 fully saturated rings. The van der Waals surface area contributed by atoms with Gasteiger partial charge in [-0.05, 0) is 69.4 Å². The van der Waals surface area contributed by atoms with Crippen LogP contribution in [0.2, 0.25) is 0 Å². The molecule has 0 spiro atoms. The van der Waals surface area contributed by atoms with Crippen LogP contribution in [0.5, 0.6) is 5.75 Å². The van der Waals surface area contributed by atoms with E-state index in [0.29, 0.717) is 39.3 Å². The zero-order valence-corrected chi connectivity index (χ0v) is 21.3. The van der Waals surface area contributed by atoms with Crippen molar-refractivity contribution < 1.29 is 9.53 Å². The first-order chi connectivity index (χ1) is 18.5. The number of methoxy groups -OCH3 is 1. The van der Waals surface area contributed by atoms with Gasteiger partial charge in [-0.15, -0.1) is 0 Å². The van der Waals surface area contributed by atoms with Crippen LogP contribution in [0.1, 0.15) is 28.9 Å².